The number of carbonyl (C=O) groups excluding carboxylic acids is 1. The van der Waals surface area contributed by atoms with Gasteiger partial charge >= 0.3 is 6.09 Å². The van der Waals surface area contributed by atoms with Gasteiger partial charge in [-0.2, -0.15) is 0 Å². The van der Waals surface area contributed by atoms with Gasteiger partial charge in [0.15, 0.2) is 0 Å². The molecule has 1 amide bonds. The monoisotopic (exact) mass is 464 g/mol. The molecule has 0 saturated carbocycles. The lowest BCUT2D eigenvalue weighted by Crippen LogP contribution is -2.35. The summed E-state index contributed by atoms with van der Waals surface area (Å²) in [4.78, 5) is 14.2. The highest BCUT2D eigenvalue weighted by Gasteiger charge is 2.28. The number of aryl methyl sites for hydroxylation is 1. The zero-order valence-electron chi connectivity index (χ0n) is 21.1. The predicted molar refractivity (Wildman–Crippen MR) is 141 cm³/mol. The number of aliphatic hydroxyl groups excluding tert-OH is 1. The minimum atomic E-state index is -0.427. The Morgan fingerprint density at radius 1 is 1.29 bits per heavy atom. The number of alkyl carbamates (subject to hydrolysis) is 1. The maximum atomic E-state index is 12.1. The van der Waals surface area contributed by atoms with E-state index in [0.717, 1.165) is 31.4 Å². The highest BCUT2D eigenvalue weighted by molar-refractivity contribution is 5.86. The van der Waals surface area contributed by atoms with E-state index in [0.29, 0.717) is 19.7 Å². The number of likely N-dealkylation sites (tertiary alicyclic amines) is 1. The average Bonchev–Trinajstić information content (AvgIpc) is 3.14. The number of carbonyl (C=O) groups is 1. The first-order chi connectivity index (χ1) is 16.2. The van der Waals surface area contributed by atoms with Gasteiger partial charge in [-0.3, -0.25) is 0 Å². The summed E-state index contributed by atoms with van der Waals surface area (Å²) < 4.78 is 5.41. The molecule has 0 spiro atoms. The zero-order chi connectivity index (χ0) is 24.7. The number of fused-ring (bicyclic) bond motifs is 1. The topological polar surface area (TPSA) is 61.8 Å². The Morgan fingerprint density at radius 3 is 2.65 bits per heavy atom. The van der Waals surface area contributed by atoms with Crippen LogP contribution in [0.5, 0.6) is 0 Å². The third kappa shape index (κ3) is 7.10. The van der Waals surface area contributed by atoms with Crippen molar-refractivity contribution in [3.05, 3.63) is 65.9 Å². The Kier molecular flexibility index (Phi) is 8.78. The predicted octanol–water partition coefficient (Wildman–Crippen LogP) is 5.92. The van der Waals surface area contributed by atoms with Crippen LogP contribution in [0.2, 0.25) is 0 Å². The molecular weight excluding hydrogens is 424 g/mol. The van der Waals surface area contributed by atoms with Crippen molar-refractivity contribution in [3.63, 3.8) is 0 Å². The minimum absolute atomic E-state index is 0.0186. The molecular formula is C29H40N2O3. The molecule has 5 heteroatoms. The van der Waals surface area contributed by atoms with Crippen molar-refractivity contribution in [3.8, 4) is 0 Å². The van der Waals surface area contributed by atoms with Gasteiger partial charge in [0.2, 0.25) is 0 Å². The van der Waals surface area contributed by atoms with Crippen molar-refractivity contribution in [2.75, 3.05) is 19.7 Å². The average molecular weight is 465 g/mol. The number of hydrogen-bond donors (Lipinski definition) is 2. The molecule has 1 fully saturated rings. The van der Waals surface area contributed by atoms with Crippen molar-refractivity contribution < 1.29 is 14.6 Å². The van der Waals surface area contributed by atoms with E-state index in [2.05, 4.69) is 88.1 Å². The molecule has 0 radical (unpaired) electrons. The van der Waals surface area contributed by atoms with Crippen LogP contribution in [0.4, 0.5) is 4.79 Å². The molecule has 0 bridgehead atoms. The Morgan fingerprint density at radius 2 is 2.00 bits per heavy atom. The molecule has 1 aliphatic heterocycles. The molecule has 2 unspecified atom stereocenters. The number of amides is 1. The molecule has 3 rings (SSSR count). The van der Waals surface area contributed by atoms with Gasteiger partial charge in [0, 0.05) is 18.3 Å². The van der Waals surface area contributed by atoms with Crippen molar-refractivity contribution in [1.82, 2.24) is 10.2 Å². The van der Waals surface area contributed by atoms with Gasteiger partial charge in [0.25, 0.3) is 0 Å². The van der Waals surface area contributed by atoms with Crippen molar-refractivity contribution >= 4 is 22.9 Å². The summed E-state index contributed by atoms with van der Waals surface area (Å²) >= 11 is 0. The number of ether oxygens (including phenoxy) is 1. The van der Waals surface area contributed by atoms with Crippen LogP contribution in [0, 0.1) is 5.41 Å². The summed E-state index contributed by atoms with van der Waals surface area (Å²) in [6.07, 6.45) is 7.11. The van der Waals surface area contributed by atoms with E-state index < -0.39 is 6.09 Å². The second-order valence-electron chi connectivity index (χ2n) is 10.2. The lowest BCUT2D eigenvalue weighted by atomic mass is 9.85. The van der Waals surface area contributed by atoms with Gasteiger partial charge in [-0.1, -0.05) is 69.8 Å². The van der Waals surface area contributed by atoms with Crippen LogP contribution in [0.1, 0.15) is 58.1 Å². The molecule has 2 atom stereocenters. The third-order valence-electron chi connectivity index (χ3n) is 6.76. The summed E-state index contributed by atoms with van der Waals surface area (Å²) in [5.74, 6) is 0. The normalized spacial score (nSPS) is 18.6. The molecule has 0 aromatic heterocycles. The number of nitrogens with one attached hydrogen (secondary N) is 1. The number of allylic oxidation sites excluding steroid dienone is 1. The van der Waals surface area contributed by atoms with Gasteiger partial charge in [0.1, 0.15) is 0 Å². The molecule has 2 N–H and O–H groups in total. The maximum absolute atomic E-state index is 12.1. The van der Waals surface area contributed by atoms with Crippen LogP contribution in [-0.4, -0.2) is 47.9 Å². The zero-order valence-corrected chi connectivity index (χ0v) is 21.1. The highest BCUT2D eigenvalue weighted by atomic mass is 16.5. The molecule has 1 saturated heterocycles. The van der Waals surface area contributed by atoms with E-state index >= 15 is 0 Å². The van der Waals surface area contributed by atoms with Crippen molar-refractivity contribution in [1.29, 1.82) is 0 Å². The first-order valence-electron chi connectivity index (χ1n) is 12.4. The van der Waals surface area contributed by atoms with Crippen molar-refractivity contribution in [2.45, 2.75) is 65.5 Å². The molecule has 1 aliphatic rings. The number of nitrogens with zero attached hydrogens (tertiary/aromatic N) is 1. The molecule has 34 heavy (non-hydrogen) atoms. The fraction of sp³-hybridized carbons (Fsp3) is 0.483. The highest BCUT2D eigenvalue weighted by Crippen LogP contribution is 2.27. The van der Waals surface area contributed by atoms with Gasteiger partial charge in [-0.05, 0) is 66.0 Å². The van der Waals surface area contributed by atoms with Gasteiger partial charge in [-0.25, -0.2) is 4.79 Å². The SMILES string of the molecule is C=C(CNC(=O)OCCC(C)(C)C/C=C/c1cc2ccccc2cc1CC)N1CC(O)CC1C. The molecule has 2 aromatic carbocycles. The van der Waals surface area contributed by atoms with Crippen LogP contribution in [0.25, 0.3) is 16.8 Å². The lowest BCUT2D eigenvalue weighted by molar-refractivity contribution is 0.128. The first kappa shape index (κ1) is 25.8. The largest absolute Gasteiger partial charge is 0.450 e. The van der Waals surface area contributed by atoms with Crippen LogP contribution >= 0.6 is 0 Å². The second kappa shape index (κ2) is 11.6. The van der Waals surface area contributed by atoms with E-state index in [9.17, 15) is 9.90 Å². The van der Waals surface area contributed by atoms with E-state index in [1.165, 1.54) is 21.9 Å². The number of β-amino-alcohol motifs (C(OH)–C–C–N with tert-alkyl or cyclic N) is 1. The second-order valence-corrected chi connectivity index (χ2v) is 10.2. The Balaban J connectivity index is 1.43. The molecule has 2 aromatic rings. The summed E-state index contributed by atoms with van der Waals surface area (Å²) in [5, 5.41) is 15.1. The number of aliphatic hydroxyl groups is 1. The fourth-order valence-corrected chi connectivity index (χ4v) is 4.56. The molecule has 184 valence electrons. The van der Waals surface area contributed by atoms with Crippen molar-refractivity contribution in [2.24, 2.45) is 5.41 Å². The summed E-state index contributed by atoms with van der Waals surface area (Å²) in [6.45, 7) is 13.9. The smallest absolute Gasteiger partial charge is 0.407 e. The number of benzene rings is 2. The minimum Gasteiger partial charge on any atom is -0.450 e. The molecule has 1 heterocycles. The number of rotatable bonds is 10. The maximum Gasteiger partial charge on any atom is 0.407 e. The summed E-state index contributed by atoms with van der Waals surface area (Å²) in [7, 11) is 0. The standard InChI is InChI=1S/C29H40N2O3/c1-6-23-17-25-10-7-8-11-26(25)18-24(23)12-9-13-29(4,5)14-15-34-28(33)30-19-22(3)31-20-27(32)16-21(31)2/h7-12,17-18,21,27,32H,3,6,13-16,19-20H2,1-2,4-5H3,(H,30,33)/b12-9+. The van der Waals surface area contributed by atoms with Gasteiger partial charge in [0.05, 0.1) is 19.3 Å². The van der Waals surface area contributed by atoms with Crippen LogP contribution in [0.15, 0.2) is 54.8 Å². The van der Waals surface area contributed by atoms with Crippen LogP contribution in [0.3, 0.4) is 0 Å². The van der Waals surface area contributed by atoms with E-state index in [4.69, 9.17) is 4.74 Å². The van der Waals surface area contributed by atoms with Gasteiger partial charge < -0.3 is 20.1 Å². The summed E-state index contributed by atoms with van der Waals surface area (Å²) in [5.41, 5.74) is 3.44. The first-order valence-corrected chi connectivity index (χ1v) is 12.4. The number of hydrogen-bond acceptors (Lipinski definition) is 4. The van der Waals surface area contributed by atoms with Crippen LogP contribution in [-0.2, 0) is 11.2 Å². The molecule has 0 aliphatic carbocycles. The Hall–Kier alpha value is -2.79. The van der Waals surface area contributed by atoms with E-state index in [1.54, 1.807) is 0 Å². The van der Waals surface area contributed by atoms with Gasteiger partial charge in [-0.15, -0.1) is 0 Å². The third-order valence-corrected chi connectivity index (χ3v) is 6.76. The lowest BCUT2D eigenvalue weighted by Gasteiger charge is -2.26. The molecule has 5 nitrogen and oxygen atoms in total. The quantitative estimate of drug-likeness (QED) is 0.458. The Labute approximate surface area is 204 Å². The van der Waals surface area contributed by atoms with Crippen LogP contribution < -0.4 is 5.32 Å². The summed E-state index contributed by atoms with van der Waals surface area (Å²) in [6, 6.07) is 13.3. The van der Waals surface area contributed by atoms with E-state index in [-0.39, 0.29) is 17.6 Å². The Bertz CT molecular complexity index is 1030. The van der Waals surface area contributed by atoms with E-state index in [1.807, 2.05) is 4.90 Å². The fourth-order valence-electron chi connectivity index (χ4n) is 4.56.